The zero-order valence-electron chi connectivity index (χ0n) is 28.9. The van der Waals surface area contributed by atoms with Gasteiger partial charge in [-0.3, -0.25) is 10.3 Å². The number of nitrogens with one attached hydrogen (secondary N) is 5. The molecule has 1 aromatic carbocycles. The highest BCUT2D eigenvalue weighted by Crippen LogP contribution is 2.55. The molecule has 6 rings (SSSR count). The number of benzene rings is 1. The minimum absolute atomic E-state index is 0.00167. The third kappa shape index (κ3) is 6.50. The average Bonchev–Trinajstić information content (AvgIpc) is 3.71. The van der Waals surface area contributed by atoms with Crippen LogP contribution in [0.15, 0.2) is 82.9 Å². The van der Waals surface area contributed by atoms with E-state index in [1.165, 1.54) is 29.1 Å². The molecule has 0 amide bonds. The Morgan fingerprint density at radius 2 is 1.84 bits per heavy atom. The molecule has 1 aromatic rings. The number of allylic oxidation sites excluding steroid dienone is 7. The van der Waals surface area contributed by atoms with Gasteiger partial charge in [-0.2, -0.15) is 0 Å². The molecule has 0 aromatic heterocycles. The molecule has 8 heteroatoms. The Hall–Kier alpha value is -4.11. The summed E-state index contributed by atoms with van der Waals surface area (Å²) in [5.41, 5.74) is 23.1. The van der Waals surface area contributed by atoms with Crippen molar-refractivity contribution in [2.45, 2.75) is 82.3 Å². The lowest BCUT2D eigenvalue weighted by Crippen LogP contribution is -2.51. The fourth-order valence-corrected chi connectivity index (χ4v) is 8.76. The highest BCUT2D eigenvalue weighted by atomic mass is 15.1. The van der Waals surface area contributed by atoms with Crippen LogP contribution in [-0.4, -0.2) is 54.4 Å². The summed E-state index contributed by atoms with van der Waals surface area (Å²) in [7, 11) is 0. The first-order chi connectivity index (χ1) is 23.8. The Morgan fingerprint density at radius 1 is 1.02 bits per heavy atom. The van der Waals surface area contributed by atoms with Gasteiger partial charge in [-0.1, -0.05) is 92.3 Å². The molecular formula is C41H52N8. The van der Waals surface area contributed by atoms with Gasteiger partial charge in [0.2, 0.25) is 0 Å². The maximum absolute atomic E-state index is 8.57. The molecule has 256 valence electrons. The summed E-state index contributed by atoms with van der Waals surface area (Å²) in [6.45, 7) is 5.25. The standard InChI is InChI=1S/C41H52N8/c1-3-41(4-2)33-22-25(7-11-27-13-17-31(36(45)19-21-43)38(47)37(27)46)9-15-29(33)30-16-10-26(23-34(30)41)8-12-28-14-18-32(35(44)6-5-20-42)40-39(28)48-24-49-40/h7-16,18,20-22,26,28,31-32,37-39,42-45,48H,3-6,17,19,23-24,46-47H2,1-2H3. The fourth-order valence-electron chi connectivity index (χ4n) is 8.76. The minimum Gasteiger partial charge on any atom is -0.325 e. The molecule has 7 unspecified atom stereocenters. The van der Waals surface area contributed by atoms with Crippen LogP contribution >= 0.6 is 0 Å². The van der Waals surface area contributed by atoms with Crippen LogP contribution in [0.2, 0.25) is 0 Å². The summed E-state index contributed by atoms with van der Waals surface area (Å²) in [6.07, 6.45) is 28.2. The fraction of sp³-hybridized carbons (Fsp3) is 0.439. The molecule has 4 aliphatic carbocycles. The normalized spacial score (nSPS) is 29.8. The van der Waals surface area contributed by atoms with Gasteiger partial charge in [0, 0.05) is 59.1 Å². The van der Waals surface area contributed by atoms with Crippen molar-refractivity contribution in [3.05, 3.63) is 94.6 Å². The lowest BCUT2D eigenvalue weighted by atomic mass is 9.69. The van der Waals surface area contributed by atoms with E-state index in [0.717, 1.165) is 36.1 Å². The molecule has 0 radical (unpaired) electrons. The van der Waals surface area contributed by atoms with Crippen LogP contribution in [0.3, 0.4) is 0 Å². The lowest BCUT2D eigenvalue weighted by molar-refractivity contribution is 0.452. The lowest BCUT2D eigenvalue weighted by Gasteiger charge is -2.34. The highest BCUT2D eigenvalue weighted by Gasteiger charge is 2.43. The molecule has 7 atom stereocenters. The van der Waals surface area contributed by atoms with Gasteiger partial charge in [0.25, 0.3) is 0 Å². The van der Waals surface area contributed by atoms with Crippen molar-refractivity contribution in [2.75, 3.05) is 6.67 Å². The summed E-state index contributed by atoms with van der Waals surface area (Å²) in [6, 6.07) is 6.33. The van der Waals surface area contributed by atoms with Crippen molar-refractivity contribution in [1.29, 1.82) is 21.6 Å². The van der Waals surface area contributed by atoms with Gasteiger partial charge in [-0.05, 0) is 78.5 Å². The van der Waals surface area contributed by atoms with Crippen LogP contribution < -0.4 is 16.8 Å². The van der Waals surface area contributed by atoms with Gasteiger partial charge in [0.05, 0.1) is 18.6 Å². The molecule has 5 aliphatic rings. The monoisotopic (exact) mass is 656 g/mol. The molecule has 8 nitrogen and oxygen atoms in total. The molecule has 1 heterocycles. The van der Waals surface area contributed by atoms with E-state index in [1.54, 1.807) is 5.57 Å². The average molecular weight is 657 g/mol. The quantitative estimate of drug-likeness (QED) is 0.0902. The van der Waals surface area contributed by atoms with Crippen LogP contribution in [0.5, 0.6) is 0 Å². The van der Waals surface area contributed by atoms with Gasteiger partial charge in [0.15, 0.2) is 0 Å². The molecule has 0 bridgehead atoms. The van der Waals surface area contributed by atoms with Crippen molar-refractivity contribution >= 4 is 41.2 Å². The van der Waals surface area contributed by atoms with Gasteiger partial charge in [-0.25, -0.2) is 0 Å². The number of nitrogens with zero attached hydrogens (tertiary/aromatic N) is 1. The maximum Gasteiger partial charge on any atom is 0.0890 e. The summed E-state index contributed by atoms with van der Waals surface area (Å²) < 4.78 is 0. The van der Waals surface area contributed by atoms with Crippen molar-refractivity contribution < 1.29 is 0 Å². The Bertz CT molecular complexity index is 1710. The van der Waals surface area contributed by atoms with Crippen molar-refractivity contribution in [1.82, 2.24) is 5.32 Å². The third-order valence-corrected chi connectivity index (χ3v) is 11.7. The van der Waals surface area contributed by atoms with E-state index in [0.29, 0.717) is 49.7 Å². The summed E-state index contributed by atoms with van der Waals surface area (Å²) >= 11 is 0. The summed E-state index contributed by atoms with van der Waals surface area (Å²) in [5, 5.41) is 35.1. The Balaban J connectivity index is 1.18. The second-order valence-corrected chi connectivity index (χ2v) is 14.1. The SMILES string of the molecule is CCC1(CC)C2=C(C=CC(C=CC3C=CC(C(=N)CCC=N)C4=NCNC43)C2)c2ccc(C=CC3=CCC(C(=N)CC=N)C(N)C3N)cc21. The van der Waals surface area contributed by atoms with E-state index in [-0.39, 0.29) is 41.3 Å². The Labute approximate surface area is 291 Å². The summed E-state index contributed by atoms with van der Waals surface area (Å²) in [4.78, 5) is 4.76. The van der Waals surface area contributed by atoms with Gasteiger partial charge < -0.3 is 33.1 Å². The van der Waals surface area contributed by atoms with Crippen LogP contribution in [0.25, 0.3) is 11.6 Å². The predicted octanol–water partition coefficient (Wildman–Crippen LogP) is 6.94. The molecule has 49 heavy (non-hydrogen) atoms. The summed E-state index contributed by atoms with van der Waals surface area (Å²) in [5.74, 6) is 0.347. The van der Waals surface area contributed by atoms with Gasteiger partial charge in [0.1, 0.15) is 0 Å². The van der Waals surface area contributed by atoms with Crippen LogP contribution in [0.1, 0.15) is 75.5 Å². The van der Waals surface area contributed by atoms with Crippen LogP contribution in [-0.2, 0) is 5.41 Å². The molecule has 1 aliphatic heterocycles. The van der Waals surface area contributed by atoms with Crippen molar-refractivity contribution in [2.24, 2.45) is 40.1 Å². The number of rotatable bonds is 13. The smallest absolute Gasteiger partial charge is 0.0890 e. The Kier molecular flexibility index (Phi) is 10.5. The number of nitrogens with two attached hydrogens (primary N) is 2. The van der Waals surface area contributed by atoms with E-state index in [2.05, 4.69) is 92.0 Å². The number of aliphatic imine (C=N–C) groups is 1. The third-order valence-electron chi connectivity index (χ3n) is 11.7. The predicted molar refractivity (Wildman–Crippen MR) is 205 cm³/mol. The molecule has 9 N–H and O–H groups in total. The van der Waals surface area contributed by atoms with Crippen molar-refractivity contribution in [3.63, 3.8) is 0 Å². The molecule has 0 fully saturated rings. The van der Waals surface area contributed by atoms with E-state index >= 15 is 0 Å². The van der Waals surface area contributed by atoms with Crippen molar-refractivity contribution in [3.8, 4) is 0 Å². The molecular weight excluding hydrogens is 605 g/mol. The largest absolute Gasteiger partial charge is 0.325 e. The maximum atomic E-state index is 8.57. The van der Waals surface area contributed by atoms with Gasteiger partial charge >= 0.3 is 0 Å². The van der Waals surface area contributed by atoms with E-state index in [4.69, 9.17) is 38.1 Å². The first kappa shape index (κ1) is 34.7. The molecule has 0 saturated carbocycles. The second kappa shape index (κ2) is 14.8. The number of hydrogen-bond donors (Lipinski definition) is 7. The zero-order chi connectivity index (χ0) is 34.7. The van der Waals surface area contributed by atoms with E-state index in [9.17, 15) is 0 Å². The zero-order valence-corrected chi connectivity index (χ0v) is 28.9. The number of fused-ring (bicyclic) bond motifs is 3. The van der Waals surface area contributed by atoms with Gasteiger partial charge in [-0.15, -0.1) is 0 Å². The first-order valence-corrected chi connectivity index (χ1v) is 18.0. The van der Waals surface area contributed by atoms with Crippen LogP contribution in [0, 0.1) is 45.3 Å². The topological polar surface area (TPSA) is 172 Å². The second-order valence-electron chi connectivity index (χ2n) is 14.1. The Morgan fingerprint density at radius 3 is 2.59 bits per heavy atom. The highest BCUT2D eigenvalue weighted by molar-refractivity contribution is 6.12. The molecule has 0 saturated heterocycles. The van der Waals surface area contributed by atoms with Crippen LogP contribution in [0.4, 0.5) is 0 Å². The first-order valence-electron chi connectivity index (χ1n) is 18.0. The van der Waals surface area contributed by atoms with E-state index < -0.39 is 0 Å². The molecule has 0 spiro atoms. The number of hydrogen-bond acceptors (Lipinski definition) is 8. The van der Waals surface area contributed by atoms with E-state index in [1.807, 2.05) is 0 Å². The minimum atomic E-state index is -0.342.